The topological polar surface area (TPSA) is 214 Å². The van der Waals surface area contributed by atoms with E-state index in [0.29, 0.717) is 6.42 Å². The first kappa shape index (κ1) is 29.5. The van der Waals surface area contributed by atoms with Crippen LogP contribution in [0.5, 0.6) is 0 Å². The zero-order valence-electron chi connectivity index (χ0n) is 20.1. The van der Waals surface area contributed by atoms with E-state index < -0.39 is 72.2 Å². The molecule has 194 valence electrons. The van der Waals surface area contributed by atoms with Gasteiger partial charge in [-0.05, 0) is 24.8 Å². The van der Waals surface area contributed by atoms with Gasteiger partial charge in [0.2, 0.25) is 23.6 Å². The Morgan fingerprint density at radius 2 is 1.49 bits per heavy atom. The fourth-order valence-electron chi connectivity index (χ4n) is 3.24. The number of hydrogen-bond acceptors (Lipinski definition) is 7. The number of carboxylic acids is 1. The van der Waals surface area contributed by atoms with Gasteiger partial charge in [0.05, 0.1) is 18.6 Å². The molecule has 0 aliphatic rings. The fourth-order valence-corrected chi connectivity index (χ4v) is 3.24. The van der Waals surface area contributed by atoms with Crippen molar-refractivity contribution in [2.75, 3.05) is 0 Å². The van der Waals surface area contributed by atoms with Gasteiger partial charge in [0, 0.05) is 0 Å². The van der Waals surface area contributed by atoms with E-state index in [1.54, 1.807) is 44.2 Å². The molecule has 1 aromatic carbocycles. The molecule has 9 N–H and O–H groups in total. The van der Waals surface area contributed by atoms with Crippen LogP contribution in [0.2, 0.25) is 0 Å². The molecule has 0 fully saturated rings. The summed E-state index contributed by atoms with van der Waals surface area (Å²) in [7, 11) is 0. The highest BCUT2D eigenvalue weighted by Crippen LogP contribution is 2.09. The number of aliphatic hydroxyl groups is 1. The zero-order valence-corrected chi connectivity index (χ0v) is 20.1. The van der Waals surface area contributed by atoms with E-state index >= 15 is 0 Å². The lowest BCUT2D eigenvalue weighted by molar-refractivity contribution is -0.144. The maximum atomic E-state index is 12.8. The number of benzene rings is 1. The molecule has 0 bridgehead atoms. The molecule has 0 saturated heterocycles. The van der Waals surface area contributed by atoms with Crippen molar-refractivity contribution < 1.29 is 34.2 Å². The molecule has 0 aliphatic carbocycles. The second kappa shape index (κ2) is 14.0. The minimum absolute atomic E-state index is 0.169. The van der Waals surface area contributed by atoms with Crippen LogP contribution in [0.15, 0.2) is 30.3 Å². The van der Waals surface area contributed by atoms with Crippen molar-refractivity contribution in [2.24, 2.45) is 17.4 Å². The lowest BCUT2D eigenvalue weighted by Gasteiger charge is -2.27. The number of carbonyl (C=O) groups excluding carboxylic acids is 4. The standard InChI is InChI=1S/C23H35N5O7/c1-4-12(2)18(23(34)35)27-22(33)19(13(3)29)28-21(32)16(11-17(25)30)26-20(31)15(24)10-14-8-6-5-7-9-14/h5-9,12-13,15-16,18-19,29H,4,10-11,24H2,1-3H3,(H2,25,30)(H,26,31)(H,27,33)(H,28,32)(H,34,35). The minimum Gasteiger partial charge on any atom is -0.480 e. The molecule has 6 atom stereocenters. The van der Waals surface area contributed by atoms with Gasteiger partial charge in [0.25, 0.3) is 0 Å². The summed E-state index contributed by atoms with van der Waals surface area (Å²) in [4.78, 5) is 61.1. The van der Waals surface area contributed by atoms with Gasteiger partial charge in [-0.25, -0.2) is 4.79 Å². The van der Waals surface area contributed by atoms with Crippen molar-refractivity contribution in [1.29, 1.82) is 0 Å². The molecule has 1 aromatic rings. The SMILES string of the molecule is CCC(C)C(NC(=O)C(NC(=O)C(CC(N)=O)NC(=O)C(N)Cc1ccccc1)C(C)O)C(=O)O. The van der Waals surface area contributed by atoms with Crippen LogP contribution in [0.1, 0.15) is 39.2 Å². The number of nitrogens with one attached hydrogen (secondary N) is 3. The third-order valence-corrected chi connectivity index (χ3v) is 5.51. The summed E-state index contributed by atoms with van der Waals surface area (Å²) < 4.78 is 0. The molecule has 35 heavy (non-hydrogen) atoms. The number of hydrogen-bond donors (Lipinski definition) is 7. The molecular formula is C23H35N5O7. The number of primary amides is 1. The molecule has 0 aromatic heterocycles. The van der Waals surface area contributed by atoms with Crippen LogP contribution in [0.25, 0.3) is 0 Å². The summed E-state index contributed by atoms with van der Waals surface area (Å²) in [5, 5.41) is 26.4. The maximum absolute atomic E-state index is 12.8. The van der Waals surface area contributed by atoms with Gasteiger partial charge >= 0.3 is 5.97 Å². The van der Waals surface area contributed by atoms with Crippen LogP contribution < -0.4 is 27.4 Å². The van der Waals surface area contributed by atoms with Gasteiger partial charge in [0.1, 0.15) is 18.1 Å². The average Bonchev–Trinajstić information content (AvgIpc) is 2.79. The van der Waals surface area contributed by atoms with E-state index in [4.69, 9.17) is 11.5 Å². The summed E-state index contributed by atoms with van der Waals surface area (Å²) in [5.41, 5.74) is 11.9. The summed E-state index contributed by atoms with van der Waals surface area (Å²) >= 11 is 0. The van der Waals surface area contributed by atoms with Gasteiger partial charge < -0.3 is 37.6 Å². The lowest BCUT2D eigenvalue weighted by atomic mass is 9.98. The molecule has 12 nitrogen and oxygen atoms in total. The predicted molar refractivity (Wildman–Crippen MR) is 126 cm³/mol. The van der Waals surface area contributed by atoms with E-state index in [2.05, 4.69) is 16.0 Å². The van der Waals surface area contributed by atoms with Crippen LogP contribution in [-0.4, -0.2) is 70.1 Å². The Morgan fingerprint density at radius 1 is 0.914 bits per heavy atom. The molecule has 0 radical (unpaired) electrons. The normalized spacial score (nSPS) is 16.0. The second-order valence-corrected chi connectivity index (χ2v) is 8.46. The van der Waals surface area contributed by atoms with Crippen LogP contribution >= 0.6 is 0 Å². The number of aliphatic hydroxyl groups excluding tert-OH is 1. The summed E-state index contributed by atoms with van der Waals surface area (Å²) in [6.07, 6.45) is -1.38. The Labute approximate surface area is 203 Å². The number of carboxylic acid groups (broad SMARTS) is 1. The number of amides is 4. The Balaban J connectivity index is 2.95. The van der Waals surface area contributed by atoms with E-state index in [1.165, 1.54) is 6.92 Å². The first-order valence-electron chi connectivity index (χ1n) is 11.3. The highest BCUT2D eigenvalue weighted by molar-refractivity contribution is 5.96. The van der Waals surface area contributed by atoms with Crippen LogP contribution in [-0.2, 0) is 30.4 Å². The average molecular weight is 494 g/mol. The molecule has 6 unspecified atom stereocenters. The fraction of sp³-hybridized carbons (Fsp3) is 0.522. The van der Waals surface area contributed by atoms with Gasteiger partial charge in [-0.2, -0.15) is 0 Å². The molecule has 0 aliphatic heterocycles. The largest absolute Gasteiger partial charge is 0.480 e. The third-order valence-electron chi connectivity index (χ3n) is 5.51. The minimum atomic E-state index is -1.56. The molecule has 4 amide bonds. The van der Waals surface area contributed by atoms with E-state index in [-0.39, 0.29) is 6.42 Å². The Bertz CT molecular complexity index is 894. The van der Waals surface area contributed by atoms with Gasteiger partial charge in [-0.3, -0.25) is 19.2 Å². The van der Waals surface area contributed by atoms with Gasteiger partial charge in [0.15, 0.2) is 0 Å². The predicted octanol–water partition coefficient (Wildman–Crippen LogP) is -1.60. The van der Waals surface area contributed by atoms with Crippen LogP contribution in [0, 0.1) is 5.92 Å². The monoisotopic (exact) mass is 493 g/mol. The molecule has 0 spiro atoms. The second-order valence-electron chi connectivity index (χ2n) is 8.46. The number of nitrogens with two attached hydrogens (primary N) is 2. The Kier molecular flexibility index (Phi) is 11.8. The number of aliphatic carboxylic acids is 1. The maximum Gasteiger partial charge on any atom is 0.326 e. The van der Waals surface area contributed by atoms with Crippen molar-refractivity contribution in [3.63, 3.8) is 0 Å². The first-order valence-corrected chi connectivity index (χ1v) is 11.3. The third kappa shape index (κ3) is 9.71. The van der Waals surface area contributed by atoms with Crippen molar-refractivity contribution in [2.45, 2.75) is 70.3 Å². The molecule has 1 rings (SSSR count). The van der Waals surface area contributed by atoms with E-state index in [0.717, 1.165) is 5.56 Å². The zero-order chi connectivity index (χ0) is 26.7. The molecule has 12 heteroatoms. The van der Waals surface area contributed by atoms with Crippen molar-refractivity contribution in [1.82, 2.24) is 16.0 Å². The molecule has 0 heterocycles. The number of rotatable bonds is 14. The summed E-state index contributed by atoms with van der Waals surface area (Å²) in [6, 6.07) is 3.60. The highest BCUT2D eigenvalue weighted by atomic mass is 16.4. The van der Waals surface area contributed by atoms with Crippen molar-refractivity contribution >= 4 is 29.6 Å². The van der Waals surface area contributed by atoms with E-state index in [1.807, 2.05) is 0 Å². The quantitative estimate of drug-likeness (QED) is 0.160. The van der Waals surface area contributed by atoms with E-state index in [9.17, 15) is 34.2 Å². The number of carbonyl (C=O) groups is 5. The highest BCUT2D eigenvalue weighted by Gasteiger charge is 2.34. The molecule has 0 saturated carbocycles. The summed E-state index contributed by atoms with van der Waals surface area (Å²) in [6.45, 7) is 4.60. The van der Waals surface area contributed by atoms with Gasteiger partial charge in [-0.1, -0.05) is 50.6 Å². The van der Waals surface area contributed by atoms with Crippen LogP contribution in [0.3, 0.4) is 0 Å². The van der Waals surface area contributed by atoms with Crippen molar-refractivity contribution in [3.05, 3.63) is 35.9 Å². The first-order chi connectivity index (χ1) is 16.4. The Morgan fingerprint density at radius 3 is 1.97 bits per heavy atom. The van der Waals surface area contributed by atoms with Crippen LogP contribution in [0.4, 0.5) is 0 Å². The smallest absolute Gasteiger partial charge is 0.326 e. The molecular weight excluding hydrogens is 458 g/mol. The summed E-state index contributed by atoms with van der Waals surface area (Å²) in [5.74, 6) is -5.23. The van der Waals surface area contributed by atoms with Gasteiger partial charge in [-0.15, -0.1) is 0 Å². The Hall–Kier alpha value is -3.51. The lowest BCUT2D eigenvalue weighted by Crippen LogP contribution is -2.60. The van der Waals surface area contributed by atoms with Crippen molar-refractivity contribution in [3.8, 4) is 0 Å².